The van der Waals surface area contributed by atoms with E-state index in [4.69, 9.17) is 11.6 Å². The molecule has 0 radical (unpaired) electrons. The quantitative estimate of drug-likeness (QED) is 0.600. The number of rotatable bonds is 4. The summed E-state index contributed by atoms with van der Waals surface area (Å²) < 4.78 is 28.6. The Bertz CT molecular complexity index is 1260. The van der Waals surface area contributed by atoms with Crippen LogP contribution in [0.5, 0.6) is 0 Å². The molecule has 0 unspecified atom stereocenters. The number of aryl methyl sites for hydroxylation is 2. The van der Waals surface area contributed by atoms with E-state index in [1.54, 1.807) is 18.2 Å². The third kappa shape index (κ3) is 4.37. The van der Waals surface area contributed by atoms with Gasteiger partial charge in [0.2, 0.25) is 10.0 Å². The summed E-state index contributed by atoms with van der Waals surface area (Å²) in [5.41, 5.74) is 2.72. The van der Waals surface area contributed by atoms with E-state index in [1.807, 2.05) is 36.9 Å². The highest BCUT2D eigenvalue weighted by Crippen LogP contribution is 2.21. The maximum Gasteiger partial charge on any atom is 0.271 e. The first-order valence-electron chi connectivity index (χ1n) is 9.94. The van der Waals surface area contributed by atoms with Gasteiger partial charge in [0.05, 0.1) is 10.6 Å². The van der Waals surface area contributed by atoms with Crippen LogP contribution in [0.1, 0.15) is 11.1 Å². The van der Waals surface area contributed by atoms with Crippen LogP contribution in [0.2, 0.25) is 5.02 Å². The van der Waals surface area contributed by atoms with Crippen LogP contribution in [-0.2, 0) is 10.0 Å². The summed E-state index contributed by atoms with van der Waals surface area (Å²) in [6.07, 6.45) is 0. The number of halogens is 1. The van der Waals surface area contributed by atoms with Crippen LogP contribution in [0.25, 0.3) is 5.69 Å². The molecule has 0 aliphatic carbocycles. The number of anilines is 1. The van der Waals surface area contributed by atoms with Crippen LogP contribution in [0.3, 0.4) is 0 Å². The molecule has 9 heteroatoms. The number of sulfonamides is 1. The fraction of sp³-hybridized carbons (Fsp3) is 0.273. The highest BCUT2D eigenvalue weighted by Gasteiger charge is 2.29. The number of nitrogens with zero attached hydrogens (tertiary/aromatic N) is 4. The van der Waals surface area contributed by atoms with Gasteiger partial charge in [0.25, 0.3) is 5.56 Å². The van der Waals surface area contributed by atoms with Gasteiger partial charge in [-0.3, -0.25) is 4.79 Å². The van der Waals surface area contributed by atoms with Crippen molar-refractivity contribution in [3.8, 4) is 5.69 Å². The van der Waals surface area contributed by atoms with Gasteiger partial charge < -0.3 is 4.90 Å². The normalized spacial score (nSPS) is 15.3. The van der Waals surface area contributed by atoms with Crippen molar-refractivity contribution >= 4 is 27.4 Å². The maximum atomic E-state index is 12.9. The van der Waals surface area contributed by atoms with Gasteiger partial charge in [-0.15, -0.1) is 5.10 Å². The zero-order chi connectivity index (χ0) is 22.2. The Balaban J connectivity index is 1.53. The highest BCUT2D eigenvalue weighted by atomic mass is 35.5. The molecule has 2 heterocycles. The lowest BCUT2D eigenvalue weighted by Crippen LogP contribution is -2.49. The standard InChI is InChI=1S/C22H23ClN4O3S/c1-16-3-6-19(15-17(16)2)27-22(28)10-9-21(24-27)25-11-13-26(14-12-25)31(29,30)20-7-4-18(23)5-8-20/h3-10,15H,11-14H2,1-2H3. The molecule has 2 aromatic carbocycles. The van der Waals surface area contributed by atoms with Crippen molar-refractivity contribution < 1.29 is 8.42 Å². The topological polar surface area (TPSA) is 75.5 Å². The van der Waals surface area contributed by atoms with Crippen LogP contribution in [0, 0.1) is 13.8 Å². The molecular weight excluding hydrogens is 436 g/mol. The summed E-state index contributed by atoms with van der Waals surface area (Å²) in [5.74, 6) is 0.640. The molecule has 1 aromatic heterocycles. The number of hydrogen-bond acceptors (Lipinski definition) is 5. The van der Waals surface area contributed by atoms with E-state index in [2.05, 4.69) is 5.10 Å². The van der Waals surface area contributed by atoms with E-state index in [-0.39, 0.29) is 10.5 Å². The van der Waals surface area contributed by atoms with E-state index in [1.165, 1.54) is 27.2 Å². The maximum absolute atomic E-state index is 12.9. The molecule has 0 bridgehead atoms. The smallest absolute Gasteiger partial charge is 0.271 e. The van der Waals surface area contributed by atoms with Gasteiger partial charge in [-0.25, -0.2) is 8.42 Å². The molecule has 3 aromatic rings. The van der Waals surface area contributed by atoms with Crippen LogP contribution >= 0.6 is 11.6 Å². The first kappa shape index (κ1) is 21.5. The summed E-state index contributed by atoms with van der Waals surface area (Å²) in [6.45, 7) is 5.62. The minimum atomic E-state index is -3.58. The molecule has 0 spiro atoms. The molecule has 4 rings (SSSR count). The summed E-state index contributed by atoms with van der Waals surface area (Å²) >= 11 is 5.87. The lowest BCUT2D eigenvalue weighted by atomic mass is 10.1. The zero-order valence-corrected chi connectivity index (χ0v) is 18.9. The van der Waals surface area contributed by atoms with Crippen LogP contribution in [-0.4, -0.2) is 48.7 Å². The average Bonchev–Trinajstić information content (AvgIpc) is 2.76. The molecule has 162 valence electrons. The van der Waals surface area contributed by atoms with E-state index >= 15 is 0 Å². The van der Waals surface area contributed by atoms with Crippen molar-refractivity contribution in [1.29, 1.82) is 0 Å². The number of benzene rings is 2. The van der Waals surface area contributed by atoms with Gasteiger partial charge in [0.1, 0.15) is 5.82 Å². The Morgan fingerprint density at radius 3 is 2.19 bits per heavy atom. The predicted octanol–water partition coefficient (Wildman–Crippen LogP) is 3.01. The van der Waals surface area contributed by atoms with Crippen molar-refractivity contribution in [2.45, 2.75) is 18.7 Å². The Morgan fingerprint density at radius 2 is 1.55 bits per heavy atom. The van der Waals surface area contributed by atoms with E-state index in [9.17, 15) is 13.2 Å². The summed E-state index contributed by atoms with van der Waals surface area (Å²) in [5, 5.41) is 5.03. The second-order valence-electron chi connectivity index (χ2n) is 7.56. The predicted molar refractivity (Wildman–Crippen MR) is 122 cm³/mol. The van der Waals surface area contributed by atoms with Gasteiger partial charge >= 0.3 is 0 Å². The molecule has 1 saturated heterocycles. The van der Waals surface area contributed by atoms with Crippen molar-refractivity contribution in [3.63, 3.8) is 0 Å². The second-order valence-corrected chi connectivity index (χ2v) is 9.93. The van der Waals surface area contributed by atoms with Gasteiger partial charge in [-0.1, -0.05) is 17.7 Å². The third-order valence-electron chi connectivity index (χ3n) is 5.54. The minimum absolute atomic E-state index is 0.212. The minimum Gasteiger partial charge on any atom is -0.353 e. The largest absolute Gasteiger partial charge is 0.353 e. The van der Waals surface area contributed by atoms with Crippen molar-refractivity contribution in [1.82, 2.24) is 14.1 Å². The first-order valence-corrected chi connectivity index (χ1v) is 11.8. The van der Waals surface area contributed by atoms with E-state index in [0.29, 0.717) is 42.7 Å². The molecule has 1 aliphatic rings. The molecule has 1 fully saturated rings. The number of piperazine rings is 1. The molecular formula is C22H23ClN4O3S. The third-order valence-corrected chi connectivity index (χ3v) is 7.70. The molecule has 0 amide bonds. The lowest BCUT2D eigenvalue weighted by Gasteiger charge is -2.34. The Kier molecular flexibility index (Phi) is 5.88. The summed E-state index contributed by atoms with van der Waals surface area (Å²) in [6, 6.07) is 15.1. The Morgan fingerprint density at radius 1 is 0.871 bits per heavy atom. The van der Waals surface area contributed by atoms with Crippen LogP contribution in [0.15, 0.2) is 64.3 Å². The molecule has 0 saturated carbocycles. The summed E-state index contributed by atoms with van der Waals surface area (Å²) in [4.78, 5) is 14.6. The van der Waals surface area contributed by atoms with Crippen molar-refractivity contribution in [2.24, 2.45) is 0 Å². The van der Waals surface area contributed by atoms with E-state index < -0.39 is 10.0 Å². The zero-order valence-electron chi connectivity index (χ0n) is 17.3. The Labute approximate surface area is 186 Å². The highest BCUT2D eigenvalue weighted by molar-refractivity contribution is 7.89. The SMILES string of the molecule is Cc1ccc(-n2nc(N3CCN(S(=O)(=O)c4ccc(Cl)cc4)CC3)ccc2=O)cc1C. The second kappa shape index (κ2) is 8.45. The monoisotopic (exact) mass is 458 g/mol. The lowest BCUT2D eigenvalue weighted by molar-refractivity contribution is 0.383. The summed E-state index contributed by atoms with van der Waals surface area (Å²) in [7, 11) is -3.58. The van der Waals surface area contributed by atoms with Gasteiger partial charge in [0.15, 0.2) is 0 Å². The molecule has 0 N–H and O–H groups in total. The van der Waals surface area contributed by atoms with Crippen molar-refractivity contribution in [2.75, 3.05) is 31.1 Å². The number of aromatic nitrogens is 2. The van der Waals surface area contributed by atoms with Gasteiger partial charge in [-0.05, 0) is 67.4 Å². The average molecular weight is 459 g/mol. The van der Waals surface area contributed by atoms with E-state index in [0.717, 1.165) is 11.1 Å². The fourth-order valence-corrected chi connectivity index (χ4v) is 5.07. The van der Waals surface area contributed by atoms with Crippen molar-refractivity contribution in [3.05, 3.63) is 81.1 Å². The first-order chi connectivity index (χ1) is 14.8. The van der Waals surface area contributed by atoms with Crippen LogP contribution in [0.4, 0.5) is 5.82 Å². The van der Waals surface area contributed by atoms with Gasteiger partial charge in [-0.2, -0.15) is 8.99 Å². The molecule has 7 nitrogen and oxygen atoms in total. The van der Waals surface area contributed by atoms with Gasteiger partial charge in [0, 0.05) is 37.3 Å². The Hall–Kier alpha value is -2.68. The fourth-order valence-electron chi connectivity index (χ4n) is 3.53. The van der Waals surface area contributed by atoms with Crippen LogP contribution < -0.4 is 10.5 Å². The molecule has 0 atom stereocenters. The molecule has 31 heavy (non-hydrogen) atoms. The number of hydrogen-bond donors (Lipinski definition) is 0. The molecule has 1 aliphatic heterocycles.